The molecule has 0 radical (unpaired) electrons. The molecule has 0 saturated carbocycles. The van der Waals surface area contributed by atoms with Gasteiger partial charge in [0, 0.05) is 31.8 Å². The topological polar surface area (TPSA) is 67.6 Å². The Kier molecular flexibility index (Phi) is 7.94. The first-order valence-corrected chi connectivity index (χ1v) is 9.11. The number of benzene rings is 1. The van der Waals surface area contributed by atoms with Crippen molar-refractivity contribution in [3.8, 4) is 0 Å². The average molecular weight is 377 g/mol. The van der Waals surface area contributed by atoms with Gasteiger partial charge in [0.2, 0.25) is 5.89 Å². The summed E-state index contributed by atoms with van der Waals surface area (Å²) in [6.45, 7) is 7.97. The molecule has 6 nitrogen and oxygen atoms in total. The molecule has 1 N–H and O–H groups in total. The number of methoxy groups -OCH3 is 1. The summed E-state index contributed by atoms with van der Waals surface area (Å²) in [5, 5.41) is 2.71. The Labute approximate surface area is 159 Å². The number of oxazole rings is 1. The van der Waals surface area contributed by atoms with Crippen LogP contribution in [0.3, 0.4) is 0 Å². The second-order valence-corrected chi connectivity index (χ2v) is 6.86. The van der Waals surface area contributed by atoms with E-state index < -0.39 is 0 Å². The van der Waals surface area contributed by atoms with Gasteiger partial charge in [0.25, 0.3) is 5.91 Å². The molecular weight excluding hydrogens is 349 g/mol. The van der Waals surface area contributed by atoms with Crippen LogP contribution in [0.5, 0.6) is 0 Å². The second kappa shape index (κ2) is 10.2. The van der Waals surface area contributed by atoms with Gasteiger partial charge in [0.05, 0.1) is 13.2 Å². The Bertz CT molecular complexity index is 733. The normalized spacial score (nSPS) is 12.6. The summed E-state index contributed by atoms with van der Waals surface area (Å²) >= 11 is 0. The second-order valence-electron chi connectivity index (χ2n) is 6.86. The summed E-state index contributed by atoms with van der Waals surface area (Å²) in [5.41, 5.74) is 0.846. The highest BCUT2D eigenvalue weighted by Crippen LogP contribution is 2.19. The molecule has 1 amide bonds. The molecule has 0 bridgehead atoms. The predicted molar refractivity (Wildman–Crippen MR) is 101 cm³/mol. The van der Waals surface area contributed by atoms with Crippen LogP contribution in [-0.4, -0.2) is 42.1 Å². The van der Waals surface area contributed by atoms with Crippen molar-refractivity contribution >= 4 is 5.91 Å². The first-order valence-electron chi connectivity index (χ1n) is 9.11. The molecule has 0 saturated heterocycles. The summed E-state index contributed by atoms with van der Waals surface area (Å²) in [7, 11) is 1.57. The summed E-state index contributed by atoms with van der Waals surface area (Å²) in [6.07, 6.45) is 1.35. The number of carbonyl (C=O) groups excluding carboxylic acids is 1. The van der Waals surface area contributed by atoms with E-state index in [1.165, 1.54) is 12.3 Å². The van der Waals surface area contributed by atoms with E-state index in [1.807, 2.05) is 6.07 Å². The predicted octanol–water partition coefficient (Wildman–Crippen LogP) is 3.24. The smallest absolute Gasteiger partial charge is 0.273 e. The molecule has 1 unspecified atom stereocenters. The Morgan fingerprint density at radius 1 is 1.30 bits per heavy atom. The van der Waals surface area contributed by atoms with Crippen molar-refractivity contribution in [2.24, 2.45) is 5.92 Å². The Morgan fingerprint density at radius 2 is 2.04 bits per heavy atom. The van der Waals surface area contributed by atoms with Crippen molar-refractivity contribution in [1.82, 2.24) is 15.2 Å². The van der Waals surface area contributed by atoms with Gasteiger partial charge in [0.15, 0.2) is 5.69 Å². The van der Waals surface area contributed by atoms with Gasteiger partial charge < -0.3 is 14.5 Å². The third-order valence-corrected chi connectivity index (χ3v) is 4.59. The van der Waals surface area contributed by atoms with E-state index in [0.717, 1.165) is 0 Å². The van der Waals surface area contributed by atoms with E-state index in [4.69, 9.17) is 9.15 Å². The number of nitrogens with one attached hydrogen (secondary N) is 1. The molecule has 27 heavy (non-hydrogen) atoms. The molecule has 0 spiro atoms. The van der Waals surface area contributed by atoms with Crippen LogP contribution in [0.4, 0.5) is 4.39 Å². The van der Waals surface area contributed by atoms with Crippen LogP contribution in [0.25, 0.3) is 0 Å². The van der Waals surface area contributed by atoms with E-state index in [1.54, 1.807) is 19.2 Å². The standard InChI is InChI=1S/C20H28FN3O3/c1-14(2)15(3)24(11-16-7-5-6-8-17(16)21)12-19-23-18(13-27-19)20(25)22-9-10-26-4/h5-8,13-15H,9-12H2,1-4H3,(H,22,25). The molecule has 0 aliphatic heterocycles. The third kappa shape index (κ3) is 6.15. The minimum Gasteiger partial charge on any atom is -0.447 e. The molecule has 1 aromatic carbocycles. The fourth-order valence-corrected chi connectivity index (χ4v) is 2.63. The van der Waals surface area contributed by atoms with Gasteiger partial charge in [-0.2, -0.15) is 0 Å². The monoisotopic (exact) mass is 377 g/mol. The number of carbonyl (C=O) groups is 1. The largest absolute Gasteiger partial charge is 0.447 e. The maximum absolute atomic E-state index is 14.1. The number of rotatable bonds is 10. The Balaban J connectivity index is 2.09. The minimum atomic E-state index is -0.306. The van der Waals surface area contributed by atoms with Gasteiger partial charge in [0.1, 0.15) is 12.1 Å². The zero-order valence-electron chi connectivity index (χ0n) is 16.4. The summed E-state index contributed by atoms with van der Waals surface area (Å²) in [4.78, 5) is 18.4. The van der Waals surface area contributed by atoms with Crippen molar-refractivity contribution in [2.45, 2.75) is 39.9 Å². The lowest BCUT2D eigenvalue weighted by molar-refractivity contribution is 0.0932. The highest BCUT2D eigenvalue weighted by Gasteiger charge is 2.22. The van der Waals surface area contributed by atoms with Gasteiger partial charge in [-0.05, 0) is 18.9 Å². The highest BCUT2D eigenvalue weighted by atomic mass is 19.1. The van der Waals surface area contributed by atoms with Crippen LogP contribution in [-0.2, 0) is 17.8 Å². The molecule has 0 fully saturated rings. The zero-order chi connectivity index (χ0) is 19.8. The molecule has 2 aromatic rings. The highest BCUT2D eigenvalue weighted by molar-refractivity contribution is 5.91. The zero-order valence-corrected chi connectivity index (χ0v) is 16.4. The van der Waals surface area contributed by atoms with Gasteiger partial charge in [-0.25, -0.2) is 9.37 Å². The number of hydrogen-bond acceptors (Lipinski definition) is 5. The van der Waals surface area contributed by atoms with Gasteiger partial charge in [-0.3, -0.25) is 9.69 Å². The number of nitrogens with zero attached hydrogens (tertiary/aromatic N) is 2. The maximum atomic E-state index is 14.1. The van der Waals surface area contributed by atoms with Gasteiger partial charge >= 0.3 is 0 Å². The maximum Gasteiger partial charge on any atom is 0.273 e. The lowest BCUT2D eigenvalue weighted by Crippen LogP contribution is -2.36. The average Bonchev–Trinajstić information content (AvgIpc) is 3.11. The van der Waals surface area contributed by atoms with Crippen LogP contribution in [0.2, 0.25) is 0 Å². The lowest BCUT2D eigenvalue weighted by atomic mass is 10.0. The first-order chi connectivity index (χ1) is 12.9. The van der Waals surface area contributed by atoms with E-state index in [9.17, 15) is 9.18 Å². The number of aromatic nitrogens is 1. The molecule has 1 heterocycles. The summed E-state index contributed by atoms with van der Waals surface area (Å²) < 4.78 is 24.5. The number of amides is 1. The molecule has 7 heteroatoms. The first kappa shape index (κ1) is 21.1. The molecule has 2 rings (SSSR count). The van der Waals surface area contributed by atoms with Crippen LogP contribution in [0, 0.1) is 11.7 Å². The summed E-state index contributed by atoms with van der Waals surface area (Å²) in [6, 6.07) is 6.92. The van der Waals surface area contributed by atoms with E-state index in [-0.39, 0.29) is 23.5 Å². The number of ether oxygens (including phenoxy) is 1. The van der Waals surface area contributed by atoms with Crippen LogP contribution in [0.1, 0.15) is 42.7 Å². The Hall–Kier alpha value is -2.25. The van der Waals surface area contributed by atoms with Crippen molar-refractivity contribution in [1.29, 1.82) is 0 Å². The van der Waals surface area contributed by atoms with E-state index >= 15 is 0 Å². The SMILES string of the molecule is COCCNC(=O)c1coc(CN(Cc2ccccc2F)C(C)C(C)C)n1. The van der Waals surface area contributed by atoms with Crippen molar-refractivity contribution in [2.75, 3.05) is 20.3 Å². The Morgan fingerprint density at radius 3 is 2.70 bits per heavy atom. The van der Waals surface area contributed by atoms with E-state index in [0.29, 0.717) is 43.6 Å². The third-order valence-electron chi connectivity index (χ3n) is 4.59. The fourth-order valence-electron chi connectivity index (χ4n) is 2.63. The molecule has 148 valence electrons. The van der Waals surface area contributed by atoms with Crippen molar-refractivity contribution < 1.29 is 18.3 Å². The van der Waals surface area contributed by atoms with Crippen molar-refractivity contribution in [3.63, 3.8) is 0 Å². The molecule has 1 atom stereocenters. The number of hydrogen-bond donors (Lipinski definition) is 1. The summed E-state index contributed by atoms with van der Waals surface area (Å²) in [5.74, 6) is 0.253. The quantitative estimate of drug-likeness (QED) is 0.644. The van der Waals surface area contributed by atoms with E-state index in [2.05, 4.69) is 36.0 Å². The molecule has 0 aliphatic carbocycles. The van der Waals surface area contributed by atoms with Crippen LogP contribution < -0.4 is 5.32 Å². The minimum absolute atomic E-state index is 0.176. The van der Waals surface area contributed by atoms with Crippen molar-refractivity contribution in [3.05, 3.63) is 53.5 Å². The van der Waals surface area contributed by atoms with Gasteiger partial charge in [-0.15, -0.1) is 0 Å². The molecule has 1 aromatic heterocycles. The molecular formula is C20H28FN3O3. The number of halogens is 1. The fraction of sp³-hybridized carbons (Fsp3) is 0.500. The lowest BCUT2D eigenvalue weighted by Gasteiger charge is -2.30. The van der Waals surface area contributed by atoms with Crippen LogP contribution >= 0.6 is 0 Å². The molecule has 0 aliphatic rings. The van der Waals surface area contributed by atoms with Gasteiger partial charge in [-0.1, -0.05) is 32.0 Å². The van der Waals surface area contributed by atoms with Crippen LogP contribution in [0.15, 0.2) is 34.9 Å².